The normalized spacial score (nSPS) is 11.1. The fraction of sp³-hybridized carbons (Fsp3) is 0.0625. The molecule has 1 N–H and O–H groups in total. The maximum absolute atomic E-state index is 12.6. The van der Waals surface area contributed by atoms with Gasteiger partial charge in [-0.1, -0.05) is 23.4 Å². The molecule has 1 radical (unpaired) electrons. The summed E-state index contributed by atoms with van der Waals surface area (Å²) >= 11 is 5.71. The van der Waals surface area contributed by atoms with Crippen LogP contribution in [0.5, 0.6) is 11.6 Å². The number of hydrogen-bond acceptors (Lipinski definition) is 12. The van der Waals surface area contributed by atoms with Crippen LogP contribution in [-0.2, 0) is 37.6 Å². The van der Waals surface area contributed by atoms with Gasteiger partial charge in [-0.2, -0.15) is 10.2 Å². The zero-order valence-corrected chi connectivity index (χ0v) is 25.7. The molecule has 0 bridgehead atoms. The van der Waals surface area contributed by atoms with Crippen LogP contribution in [0.25, 0.3) is 5.69 Å². The summed E-state index contributed by atoms with van der Waals surface area (Å²) in [5, 5.41) is 35.5. The molecule has 1 heterocycles. The molecule has 0 fully saturated rings. The Hall–Kier alpha value is -0.548. The van der Waals surface area contributed by atoms with Gasteiger partial charge < -0.3 is 24.8 Å². The number of aryl methyl sites for hydroxylation is 1. The molecule has 0 aliphatic heterocycles. The van der Waals surface area contributed by atoms with Crippen molar-refractivity contribution in [2.24, 2.45) is 10.2 Å². The summed E-state index contributed by atoms with van der Waals surface area (Å²) in [7, 11) is -9.91. The Labute approximate surface area is 259 Å². The number of halogens is 1. The topological polar surface area (TPSA) is 233 Å². The van der Waals surface area contributed by atoms with Crippen LogP contribution >= 0.6 is 11.6 Å². The van der Waals surface area contributed by atoms with Gasteiger partial charge in [-0.15, -0.1) is 5.11 Å². The fourth-order valence-electron chi connectivity index (χ4n) is 2.48. The van der Waals surface area contributed by atoms with Gasteiger partial charge in [-0.3, -0.25) is 0 Å². The van der Waals surface area contributed by atoms with Crippen LogP contribution in [0.1, 0.15) is 5.69 Å². The van der Waals surface area contributed by atoms with Crippen molar-refractivity contribution in [1.29, 1.82) is 0 Å². The Morgan fingerprint density at radius 2 is 1.57 bits per heavy atom. The standard InChI is InChI=1S/C16H13ClN4O8S2.Cr.2Na.H2O/c1-8-14(19-18-12-5-9(17)6-13(15(12)22)31(27,28)29)16(23)21(20-8)10-3-2-4-11(7-10)30(24,25)26;;;;/h2-7,22-23H,1H3,(H,24,25,26)(H,27,28,29);;;;1H2/q;+3;2*+1;/p-5. The first kappa shape index (κ1) is 36.6. The van der Waals surface area contributed by atoms with E-state index in [1.54, 1.807) is 0 Å². The first-order valence-corrected chi connectivity index (χ1v) is 11.2. The van der Waals surface area contributed by atoms with E-state index < -0.39 is 47.3 Å². The quantitative estimate of drug-likeness (QED) is 0.154. The van der Waals surface area contributed by atoms with Crippen molar-refractivity contribution in [3.05, 3.63) is 47.1 Å². The van der Waals surface area contributed by atoms with Crippen molar-refractivity contribution in [2.75, 3.05) is 0 Å². The minimum absolute atomic E-state index is 0. The van der Waals surface area contributed by atoms with Crippen molar-refractivity contribution in [3.8, 4) is 17.3 Å². The molecule has 3 rings (SSSR count). The summed E-state index contributed by atoms with van der Waals surface area (Å²) in [5.74, 6) is -2.12. The minimum Gasteiger partial charge on any atom is -0.870 e. The van der Waals surface area contributed by atoms with Crippen molar-refractivity contribution in [2.45, 2.75) is 16.7 Å². The van der Waals surface area contributed by atoms with Crippen LogP contribution < -0.4 is 69.3 Å². The van der Waals surface area contributed by atoms with Gasteiger partial charge in [-0.05, 0) is 37.3 Å². The Morgan fingerprint density at radius 3 is 2.11 bits per heavy atom. The molecule has 175 valence electrons. The predicted molar refractivity (Wildman–Crippen MR) is 101 cm³/mol. The van der Waals surface area contributed by atoms with Crippen molar-refractivity contribution in [3.63, 3.8) is 0 Å². The summed E-state index contributed by atoms with van der Waals surface area (Å²) in [6.07, 6.45) is 0. The first-order valence-electron chi connectivity index (χ1n) is 8.00. The predicted octanol–water partition coefficient (Wildman–Crippen LogP) is -4.97. The third kappa shape index (κ3) is 8.48. The van der Waals surface area contributed by atoms with Crippen LogP contribution in [0.15, 0.2) is 56.4 Å². The van der Waals surface area contributed by atoms with Crippen molar-refractivity contribution >= 4 is 43.2 Å². The molecule has 0 saturated carbocycles. The Kier molecular flexibility index (Phi) is 14.5. The van der Waals surface area contributed by atoms with E-state index in [0.717, 1.165) is 22.9 Å². The second-order valence-corrected chi connectivity index (χ2v) is 9.17. The van der Waals surface area contributed by atoms with Crippen molar-refractivity contribution < 1.29 is 118 Å². The maximum Gasteiger partial charge on any atom is 3.00 e. The zero-order chi connectivity index (χ0) is 23.1. The van der Waals surface area contributed by atoms with Gasteiger partial charge in [0.1, 0.15) is 25.9 Å². The van der Waals surface area contributed by atoms with Crippen LogP contribution in [-0.4, -0.2) is 41.2 Å². The second kappa shape index (κ2) is 13.8. The van der Waals surface area contributed by atoms with E-state index in [1.165, 1.54) is 19.1 Å². The van der Waals surface area contributed by atoms with Crippen LogP contribution in [0.4, 0.5) is 11.4 Å². The smallest absolute Gasteiger partial charge is 0.870 e. The Bertz CT molecular complexity index is 1450. The van der Waals surface area contributed by atoms with E-state index in [1.807, 2.05) is 0 Å². The number of azo groups is 1. The number of aromatic nitrogens is 2. The molecular weight excluding hydrogens is 590 g/mol. The van der Waals surface area contributed by atoms with Gasteiger partial charge in [0.25, 0.3) is 0 Å². The molecule has 1 aromatic heterocycles. The summed E-state index contributed by atoms with van der Waals surface area (Å²) in [6, 6.07) is 6.17. The summed E-state index contributed by atoms with van der Waals surface area (Å²) in [4.78, 5) is -1.71. The Morgan fingerprint density at radius 1 is 0.971 bits per heavy atom. The largest absolute Gasteiger partial charge is 3.00 e. The molecular formula is C16H10ClCrN4Na2O9S2. The minimum atomic E-state index is -5.13. The second-order valence-electron chi connectivity index (χ2n) is 6.01. The number of rotatable bonds is 5. The third-order valence-electron chi connectivity index (χ3n) is 3.87. The molecule has 13 nitrogen and oxygen atoms in total. The molecule has 0 spiro atoms. The summed E-state index contributed by atoms with van der Waals surface area (Å²) in [6.45, 7) is 1.37. The van der Waals surface area contributed by atoms with E-state index in [4.69, 9.17) is 11.6 Å². The van der Waals surface area contributed by atoms with Gasteiger partial charge in [0.05, 0.1) is 26.9 Å². The SMILES string of the molecule is Cc1nn(-c2cccc(S(=O)(=O)[O-])c2)c([O-])c1N=Nc1cc(Cl)cc(S(=O)(=O)[O-])c1[O-].[Cr+3].[Na+].[Na+].[OH-]. The fourth-order valence-corrected chi connectivity index (χ4v) is 3.87. The number of hydrogen-bond donors (Lipinski definition) is 0. The molecule has 0 atom stereocenters. The molecule has 2 aromatic carbocycles. The van der Waals surface area contributed by atoms with Crippen LogP contribution in [0.2, 0.25) is 5.02 Å². The molecule has 0 aliphatic carbocycles. The average Bonchev–Trinajstić information content (AvgIpc) is 2.94. The monoisotopic (exact) mass is 599 g/mol. The third-order valence-corrected chi connectivity index (χ3v) is 5.76. The average molecular weight is 600 g/mol. The number of benzene rings is 2. The first-order chi connectivity index (χ1) is 14.3. The molecule has 0 saturated heterocycles. The molecule has 35 heavy (non-hydrogen) atoms. The van der Waals surface area contributed by atoms with E-state index >= 15 is 0 Å². The molecule has 0 unspecified atom stereocenters. The molecule has 3 aromatic rings. The zero-order valence-electron chi connectivity index (χ0n) is 18.1. The maximum atomic E-state index is 12.6. The number of nitrogens with zero attached hydrogens (tertiary/aromatic N) is 4. The van der Waals surface area contributed by atoms with Crippen LogP contribution in [0, 0.1) is 6.92 Å². The van der Waals surface area contributed by atoms with E-state index in [9.17, 15) is 36.2 Å². The van der Waals surface area contributed by atoms with E-state index in [-0.39, 0.29) is 104 Å². The van der Waals surface area contributed by atoms with Gasteiger partial charge in [0, 0.05) is 10.9 Å². The van der Waals surface area contributed by atoms with Crippen LogP contribution in [0.3, 0.4) is 0 Å². The Balaban J connectivity index is 0. The molecule has 0 aliphatic rings. The van der Waals surface area contributed by atoms with Crippen molar-refractivity contribution in [1.82, 2.24) is 9.78 Å². The molecule has 0 amide bonds. The van der Waals surface area contributed by atoms with Gasteiger partial charge in [-0.25, -0.2) is 21.5 Å². The summed E-state index contributed by atoms with van der Waals surface area (Å²) < 4.78 is 67.9. The van der Waals surface area contributed by atoms with E-state index in [0.29, 0.717) is 6.07 Å². The summed E-state index contributed by atoms with van der Waals surface area (Å²) in [5.41, 5.74) is -0.983. The van der Waals surface area contributed by atoms with Gasteiger partial charge >= 0.3 is 76.5 Å². The van der Waals surface area contributed by atoms with Gasteiger partial charge in [0.2, 0.25) is 0 Å². The molecule has 19 heteroatoms. The van der Waals surface area contributed by atoms with Gasteiger partial charge in [0.15, 0.2) is 0 Å². The van der Waals surface area contributed by atoms with E-state index in [2.05, 4.69) is 15.3 Å².